The van der Waals surface area contributed by atoms with Gasteiger partial charge in [-0.2, -0.15) is 0 Å². The van der Waals surface area contributed by atoms with Gasteiger partial charge in [0.15, 0.2) is 5.78 Å². The molecule has 1 aromatic carbocycles. The highest BCUT2D eigenvalue weighted by atomic mass is 16.4. The molecular weight excluding hydrogens is 196 g/mol. The average molecular weight is 208 g/mol. The van der Waals surface area contributed by atoms with Gasteiger partial charge in [-0.15, -0.1) is 0 Å². The largest absolute Gasteiger partial charge is 0.480 e. The molecule has 1 atom stereocenters. The Hall–Kier alpha value is -1.88. The Kier molecular flexibility index (Phi) is 3.41. The highest BCUT2D eigenvalue weighted by molar-refractivity contribution is 5.98. The molecule has 0 unspecified atom stereocenters. The molecule has 1 rings (SSSR count). The zero-order valence-electron chi connectivity index (χ0n) is 8.01. The number of nitrogen functional groups attached to an aromatic ring is 1. The Balaban J connectivity index is 2.69. The standard InChI is InChI=1S/C10H12N2O3/c11-7-3-1-6(2-4-7)9(13)5-8(12)10(14)15/h1-4,8H,5,11-12H2,(H,14,15)/t8-/m0/s1. The SMILES string of the molecule is Nc1ccc(C(=O)C[C@H](N)C(=O)O)cc1. The van der Waals surface area contributed by atoms with Crippen LogP contribution in [0.4, 0.5) is 5.69 Å². The molecule has 80 valence electrons. The number of carbonyl (C=O) groups excluding carboxylic acids is 1. The number of aliphatic carboxylic acids is 1. The summed E-state index contributed by atoms with van der Waals surface area (Å²) in [6.07, 6.45) is -0.209. The maximum atomic E-state index is 11.5. The fourth-order valence-electron chi connectivity index (χ4n) is 1.07. The number of carboxylic acid groups (broad SMARTS) is 1. The van der Waals surface area contributed by atoms with E-state index >= 15 is 0 Å². The van der Waals surface area contributed by atoms with Gasteiger partial charge < -0.3 is 16.6 Å². The third kappa shape index (κ3) is 3.07. The van der Waals surface area contributed by atoms with E-state index in [0.717, 1.165) is 0 Å². The third-order valence-electron chi connectivity index (χ3n) is 1.96. The maximum absolute atomic E-state index is 11.5. The number of hydrogen-bond acceptors (Lipinski definition) is 4. The predicted molar refractivity (Wildman–Crippen MR) is 55.4 cm³/mol. The van der Waals surface area contributed by atoms with Gasteiger partial charge in [0.25, 0.3) is 0 Å². The van der Waals surface area contributed by atoms with Crippen LogP contribution in [0.1, 0.15) is 16.8 Å². The van der Waals surface area contributed by atoms with Gasteiger partial charge in [-0.1, -0.05) is 0 Å². The van der Waals surface area contributed by atoms with Crippen molar-refractivity contribution >= 4 is 17.4 Å². The molecule has 0 saturated heterocycles. The lowest BCUT2D eigenvalue weighted by atomic mass is 10.0. The highest BCUT2D eigenvalue weighted by Crippen LogP contribution is 2.08. The lowest BCUT2D eigenvalue weighted by Gasteiger charge is -2.05. The second-order valence-electron chi connectivity index (χ2n) is 3.19. The van der Waals surface area contributed by atoms with Gasteiger partial charge in [0, 0.05) is 17.7 Å². The van der Waals surface area contributed by atoms with E-state index in [0.29, 0.717) is 11.3 Å². The van der Waals surface area contributed by atoms with Crippen molar-refractivity contribution in [3.8, 4) is 0 Å². The number of ketones is 1. The van der Waals surface area contributed by atoms with Gasteiger partial charge >= 0.3 is 5.97 Å². The van der Waals surface area contributed by atoms with Gasteiger partial charge in [0.05, 0.1) is 0 Å². The van der Waals surface area contributed by atoms with Crippen LogP contribution in [0.2, 0.25) is 0 Å². The van der Waals surface area contributed by atoms with Crippen molar-refractivity contribution in [3.63, 3.8) is 0 Å². The minimum absolute atomic E-state index is 0.209. The van der Waals surface area contributed by atoms with Gasteiger partial charge in [0.1, 0.15) is 6.04 Å². The van der Waals surface area contributed by atoms with Crippen LogP contribution in [0.25, 0.3) is 0 Å². The summed E-state index contributed by atoms with van der Waals surface area (Å²) in [4.78, 5) is 21.9. The van der Waals surface area contributed by atoms with E-state index < -0.39 is 12.0 Å². The van der Waals surface area contributed by atoms with Crippen LogP contribution in [0.3, 0.4) is 0 Å². The first-order valence-corrected chi connectivity index (χ1v) is 4.38. The molecule has 0 fully saturated rings. The number of carboxylic acids is 1. The van der Waals surface area contributed by atoms with Gasteiger partial charge in [-0.05, 0) is 24.3 Å². The summed E-state index contributed by atoms with van der Waals surface area (Å²) >= 11 is 0. The number of nitrogens with two attached hydrogens (primary N) is 2. The molecule has 5 heteroatoms. The normalized spacial score (nSPS) is 12.1. The van der Waals surface area contributed by atoms with Crippen LogP contribution in [-0.4, -0.2) is 22.9 Å². The van der Waals surface area contributed by atoms with Gasteiger partial charge in [-0.3, -0.25) is 9.59 Å². The zero-order chi connectivity index (χ0) is 11.4. The van der Waals surface area contributed by atoms with Crippen LogP contribution >= 0.6 is 0 Å². The molecule has 1 aromatic rings. The Morgan fingerprint density at radius 1 is 1.27 bits per heavy atom. The average Bonchev–Trinajstić information content (AvgIpc) is 2.18. The molecule has 0 aromatic heterocycles. The molecule has 15 heavy (non-hydrogen) atoms. The summed E-state index contributed by atoms with van der Waals surface area (Å²) in [5.74, 6) is -1.48. The molecule has 0 heterocycles. The van der Waals surface area contributed by atoms with E-state index in [1.807, 2.05) is 0 Å². The summed E-state index contributed by atoms with van der Waals surface area (Å²) in [6, 6.07) is 5.10. The molecule has 0 bridgehead atoms. The monoisotopic (exact) mass is 208 g/mol. The first kappa shape index (κ1) is 11.2. The molecule has 0 amide bonds. The summed E-state index contributed by atoms with van der Waals surface area (Å²) in [5, 5.41) is 8.52. The second kappa shape index (κ2) is 4.56. The molecule has 0 aliphatic heterocycles. The van der Waals surface area contributed by atoms with Crippen molar-refractivity contribution in [3.05, 3.63) is 29.8 Å². The van der Waals surface area contributed by atoms with E-state index in [-0.39, 0.29) is 12.2 Å². The minimum Gasteiger partial charge on any atom is -0.480 e. The number of anilines is 1. The minimum atomic E-state index is -1.18. The van der Waals surface area contributed by atoms with E-state index in [9.17, 15) is 9.59 Å². The number of benzene rings is 1. The summed E-state index contributed by atoms with van der Waals surface area (Å²) in [5.41, 5.74) is 11.7. The third-order valence-corrected chi connectivity index (χ3v) is 1.96. The zero-order valence-corrected chi connectivity index (χ0v) is 8.01. The Morgan fingerprint density at radius 3 is 2.27 bits per heavy atom. The topological polar surface area (TPSA) is 106 Å². The van der Waals surface area contributed by atoms with E-state index in [4.69, 9.17) is 16.6 Å². The highest BCUT2D eigenvalue weighted by Gasteiger charge is 2.17. The quantitative estimate of drug-likeness (QED) is 0.486. The Bertz CT molecular complexity index is 373. The fraction of sp³-hybridized carbons (Fsp3) is 0.200. The number of Topliss-reactive ketones (excluding diaryl/α,β-unsaturated/α-hetero) is 1. The van der Waals surface area contributed by atoms with Crippen molar-refractivity contribution in [1.82, 2.24) is 0 Å². The Labute approximate surface area is 86.7 Å². The lowest BCUT2D eigenvalue weighted by Crippen LogP contribution is -2.32. The van der Waals surface area contributed by atoms with Crippen molar-refractivity contribution in [2.45, 2.75) is 12.5 Å². The van der Waals surface area contributed by atoms with E-state index in [1.165, 1.54) is 0 Å². The van der Waals surface area contributed by atoms with E-state index in [1.54, 1.807) is 24.3 Å². The Morgan fingerprint density at radius 2 is 1.80 bits per heavy atom. The van der Waals surface area contributed by atoms with Crippen molar-refractivity contribution in [2.75, 3.05) is 5.73 Å². The predicted octanol–water partition coefficient (Wildman–Crippen LogP) is 0.253. The lowest BCUT2D eigenvalue weighted by molar-refractivity contribution is -0.138. The molecular formula is C10H12N2O3. The first-order valence-electron chi connectivity index (χ1n) is 4.38. The molecule has 0 aliphatic rings. The van der Waals surface area contributed by atoms with Gasteiger partial charge in [0.2, 0.25) is 0 Å². The van der Waals surface area contributed by atoms with Crippen LogP contribution in [0, 0.1) is 0 Å². The molecule has 0 saturated carbocycles. The van der Waals surface area contributed by atoms with Crippen LogP contribution in [-0.2, 0) is 4.79 Å². The molecule has 0 radical (unpaired) electrons. The van der Waals surface area contributed by atoms with Gasteiger partial charge in [-0.25, -0.2) is 0 Å². The number of hydrogen-bond donors (Lipinski definition) is 3. The van der Waals surface area contributed by atoms with Crippen LogP contribution in [0.5, 0.6) is 0 Å². The second-order valence-corrected chi connectivity index (χ2v) is 3.19. The maximum Gasteiger partial charge on any atom is 0.320 e. The molecule has 0 spiro atoms. The summed E-state index contributed by atoms with van der Waals surface area (Å²) < 4.78 is 0. The first-order chi connectivity index (χ1) is 7.00. The molecule has 5 nitrogen and oxygen atoms in total. The fourth-order valence-corrected chi connectivity index (χ4v) is 1.07. The van der Waals surface area contributed by atoms with Crippen LogP contribution in [0.15, 0.2) is 24.3 Å². The smallest absolute Gasteiger partial charge is 0.320 e. The molecule has 0 aliphatic carbocycles. The van der Waals surface area contributed by atoms with Crippen LogP contribution < -0.4 is 11.5 Å². The summed E-state index contributed by atoms with van der Waals surface area (Å²) in [7, 11) is 0. The van der Waals surface area contributed by atoms with Crippen molar-refractivity contribution < 1.29 is 14.7 Å². The number of rotatable bonds is 4. The number of carbonyl (C=O) groups is 2. The summed E-state index contributed by atoms with van der Waals surface area (Å²) in [6.45, 7) is 0. The van der Waals surface area contributed by atoms with Crippen molar-refractivity contribution in [2.24, 2.45) is 5.73 Å². The molecule has 5 N–H and O–H groups in total. The van der Waals surface area contributed by atoms with E-state index in [2.05, 4.69) is 0 Å². The van der Waals surface area contributed by atoms with Crippen molar-refractivity contribution in [1.29, 1.82) is 0 Å².